The van der Waals surface area contributed by atoms with Crippen molar-refractivity contribution in [2.75, 3.05) is 0 Å². The SMILES string of the molecule is CC(C)c1nc(C2CCCC2)sc1CNC1CC1. The number of thiazole rings is 1. The minimum Gasteiger partial charge on any atom is -0.309 e. The number of hydrogen-bond acceptors (Lipinski definition) is 3. The first-order valence-electron chi connectivity index (χ1n) is 7.47. The second kappa shape index (κ2) is 5.30. The highest BCUT2D eigenvalue weighted by Crippen LogP contribution is 2.38. The van der Waals surface area contributed by atoms with Crippen molar-refractivity contribution in [3.05, 3.63) is 15.6 Å². The average molecular weight is 264 g/mol. The third-order valence-electron chi connectivity index (χ3n) is 4.12. The molecule has 1 heterocycles. The van der Waals surface area contributed by atoms with Crippen molar-refractivity contribution in [3.8, 4) is 0 Å². The molecule has 0 atom stereocenters. The molecule has 2 aliphatic rings. The summed E-state index contributed by atoms with van der Waals surface area (Å²) in [6.45, 7) is 5.59. The van der Waals surface area contributed by atoms with E-state index in [0.717, 1.165) is 18.5 Å². The smallest absolute Gasteiger partial charge is 0.0962 e. The molecule has 3 heteroatoms. The molecule has 0 aliphatic heterocycles. The van der Waals surface area contributed by atoms with Crippen LogP contribution in [0.1, 0.15) is 79.8 Å². The van der Waals surface area contributed by atoms with Crippen LogP contribution in [-0.2, 0) is 6.54 Å². The summed E-state index contributed by atoms with van der Waals surface area (Å²) < 4.78 is 0. The molecule has 2 fully saturated rings. The van der Waals surface area contributed by atoms with Crippen LogP contribution in [-0.4, -0.2) is 11.0 Å². The predicted molar refractivity (Wildman–Crippen MR) is 77.3 cm³/mol. The molecule has 2 aliphatic carbocycles. The van der Waals surface area contributed by atoms with E-state index in [9.17, 15) is 0 Å². The normalized spacial score (nSPS) is 21.1. The maximum Gasteiger partial charge on any atom is 0.0962 e. The zero-order chi connectivity index (χ0) is 12.5. The van der Waals surface area contributed by atoms with Crippen LogP contribution in [0.2, 0.25) is 0 Å². The van der Waals surface area contributed by atoms with E-state index in [0.29, 0.717) is 5.92 Å². The van der Waals surface area contributed by atoms with Gasteiger partial charge in [-0.2, -0.15) is 0 Å². The maximum absolute atomic E-state index is 4.97. The first kappa shape index (κ1) is 12.6. The number of nitrogens with zero attached hydrogens (tertiary/aromatic N) is 1. The highest BCUT2D eigenvalue weighted by Gasteiger charge is 2.25. The van der Waals surface area contributed by atoms with Gasteiger partial charge in [-0.25, -0.2) is 4.98 Å². The quantitative estimate of drug-likeness (QED) is 0.863. The van der Waals surface area contributed by atoms with Gasteiger partial charge in [-0.15, -0.1) is 11.3 Å². The second-order valence-electron chi connectivity index (χ2n) is 6.15. The summed E-state index contributed by atoms with van der Waals surface area (Å²) >= 11 is 1.98. The Morgan fingerprint density at radius 1 is 1.22 bits per heavy atom. The molecular formula is C15H24N2S. The monoisotopic (exact) mass is 264 g/mol. The van der Waals surface area contributed by atoms with Gasteiger partial charge in [-0.3, -0.25) is 0 Å². The zero-order valence-corrected chi connectivity index (χ0v) is 12.4. The van der Waals surface area contributed by atoms with E-state index in [4.69, 9.17) is 4.98 Å². The van der Waals surface area contributed by atoms with E-state index >= 15 is 0 Å². The van der Waals surface area contributed by atoms with E-state index in [1.807, 2.05) is 11.3 Å². The molecule has 0 aromatic carbocycles. The van der Waals surface area contributed by atoms with E-state index in [1.165, 1.54) is 54.1 Å². The molecule has 0 unspecified atom stereocenters. The average Bonchev–Trinajstić information content (AvgIpc) is 2.87. The van der Waals surface area contributed by atoms with E-state index in [1.54, 1.807) is 0 Å². The van der Waals surface area contributed by atoms with Gasteiger partial charge in [-0.1, -0.05) is 26.7 Å². The largest absolute Gasteiger partial charge is 0.309 e. The number of nitrogens with one attached hydrogen (secondary N) is 1. The van der Waals surface area contributed by atoms with Crippen molar-refractivity contribution in [1.82, 2.24) is 10.3 Å². The van der Waals surface area contributed by atoms with Gasteiger partial charge in [-0.05, 0) is 31.6 Å². The van der Waals surface area contributed by atoms with Gasteiger partial charge in [0.15, 0.2) is 0 Å². The number of hydrogen-bond donors (Lipinski definition) is 1. The van der Waals surface area contributed by atoms with E-state index in [2.05, 4.69) is 19.2 Å². The topological polar surface area (TPSA) is 24.9 Å². The fourth-order valence-electron chi connectivity index (χ4n) is 2.83. The van der Waals surface area contributed by atoms with Crippen LogP contribution in [0.4, 0.5) is 0 Å². The van der Waals surface area contributed by atoms with Crippen molar-refractivity contribution in [2.24, 2.45) is 0 Å². The van der Waals surface area contributed by atoms with Gasteiger partial charge in [0.05, 0.1) is 10.7 Å². The van der Waals surface area contributed by atoms with Crippen LogP contribution >= 0.6 is 11.3 Å². The highest BCUT2D eigenvalue weighted by molar-refractivity contribution is 7.11. The molecule has 0 amide bonds. The molecule has 18 heavy (non-hydrogen) atoms. The Balaban J connectivity index is 1.75. The Bertz CT molecular complexity index is 401. The summed E-state index contributed by atoms with van der Waals surface area (Å²) in [4.78, 5) is 6.47. The third kappa shape index (κ3) is 2.77. The van der Waals surface area contributed by atoms with Crippen LogP contribution in [0.15, 0.2) is 0 Å². The number of aromatic nitrogens is 1. The third-order valence-corrected chi connectivity index (χ3v) is 5.36. The van der Waals surface area contributed by atoms with Crippen LogP contribution in [0.5, 0.6) is 0 Å². The molecular weight excluding hydrogens is 240 g/mol. The van der Waals surface area contributed by atoms with Gasteiger partial charge in [0, 0.05) is 23.4 Å². The first-order chi connectivity index (χ1) is 8.74. The fourth-order valence-corrected chi connectivity index (χ4v) is 4.17. The molecule has 0 bridgehead atoms. The molecule has 0 saturated heterocycles. The Hall–Kier alpha value is -0.410. The molecule has 1 N–H and O–H groups in total. The molecule has 1 aromatic rings. The zero-order valence-electron chi connectivity index (χ0n) is 11.5. The first-order valence-corrected chi connectivity index (χ1v) is 8.28. The van der Waals surface area contributed by atoms with Gasteiger partial charge in [0.1, 0.15) is 0 Å². The van der Waals surface area contributed by atoms with Gasteiger partial charge >= 0.3 is 0 Å². The van der Waals surface area contributed by atoms with Crippen LogP contribution < -0.4 is 5.32 Å². The molecule has 2 saturated carbocycles. The van der Waals surface area contributed by atoms with Crippen molar-refractivity contribution in [1.29, 1.82) is 0 Å². The lowest BCUT2D eigenvalue weighted by Gasteiger charge is -2.05. The van der Waals surface area contributed by atoms with Crippen LogP contribution in [0.25, 0.3) is 0 Å². The highest BCUT2D eigenvalue weighted by atomic mass is 32.1. The molecule has 1 aromatic heterocycles. The number of rotatable bonds is 5. The summed E-state index contributed by atoms with van der Waals surface area (Å²) in [6.07, 6.45) is 8.26. The van der Waals surface area contributed by atoms with Crippen molar-refractivity contribution < 1.29 is 0 Å². The van der Waals surface area contributed by atoms with Crippen LogP contribution in [0, 0.1) is 0 Å². The van der Waals surface area contributed by atoms with E-state index < -0.39 is 0 Å². The van der Waals surface area contributed by atoms with Gasteiger partial charge in [0.25, 0.3) is 0 Å². The standard InChI is InChI=1S/C15H24N2S/c1-10(2)14-13(9-16-12-7-8-12)18-15(17-14)11-5-3-4-6-11/h10-12,16H,3-9H2,1-2H3. The summed E-state index contributed by atoms with van der Waals surface area (Å²) in [6, 6.07) is 0.794. The molecule has 0 radical (unpaired) electrons. The van der Waals surface area contributed by atoms with Crippen molar-refractivity contribution in [3.63, 3.8) is 0 Å². The van der Waals surface area contributed by atoms with Gasteiger partial charge < -0.3 is 5.32 Å². The minimum atomic E-state index is 0.562. The van der Waals surface area contributed by atoms with Crippen molar-refractivity contribution >= 4 is 11.3 Å². The molecule has 100 valence electrons. The lowest BCUT2D eigenvalue weighted by atomic mass is 10.1. The summed E-state index contributed by atoms with van der Waals surface area (Å²) in [5, 5.41) is 5.06. The second-order valence-corrected chi connectivity index (χ2v) is 7.27. The lowest BCUT2D eigenvalue weighted by Crippen LogP contribution is -2.15. The summed E-state index contributed by atoms with van der Waals surface area (Å²) in [7, 11) is 0. The minimum absolute atomic E-state index is 0.562. The summed E-state index contributed by atoms with van der Waals surface area (Å²) in [5.74, 6) is 1.33. The van der Waals surface area contributed by atoms with Gasteiger partial charge in [0.2, 0.25) is 0 Å². The van der Waals surface area contributed by atoms with Crippen molar-refractivity contribution in [2.45, 2.75) is 76.8 Å². The molecule has 0 spiro atoms. The molecule has 3 rings (SSSR count). The Labute approximate surface area is 114 Å². The predicted octanol–water partition coefficient (Wildman–Crippen LogP) is 4.18. The Kier molecular flexibility index (Phi) is 3.71. The van der Waals surface area contributed by atoms with E-state index in [-0.39, 0.29) is 0 Å². The van der Waals surface area contributed by atoms with Crippen LogP contribution in [0.3, 0.4) is 0 Å². The Morgan fingerprint density at radius 3 is 2.56 bits per heavy atom. The summed E-state index contributed by atoms with van der Waals surface area (Å²) in [5.41, 5.74) is 1.36. The lowest BCUT2D eigenvalue weighted by molar-refractivity contribution is 0.676. The maximum atomic E-state index is 4.97. The molecule has 2 nitrogen and oxygen atoms in total. The Morgan fingerprint density at radius 2 is 1.94 bits per heavy atom. The fraction of sp³-hybridized carbons (Fsp3) is 0.800.